The molecule has 0 fully saturated rings. The van der Waals surface area contributed by atoms with Gasteiger partial charge in [0.1, 0.15) is 5.69 Å². The normalized spacial score (nSPS) is 12.9. The van der Waals surface area contributed by atoms with Crippen LogP contribution >= 0.6 is 24.8 Å². The number of hydrogen-bond acceptors (Lipinski definition) is 5. The number of aromatic nitrogens is 4. The number of methoxy groups -OCH3 is 1. The monoisotopic (exact) mass is 423 g/mol. The molecule has 9 heteroatoms. The van der Waals surface area contributed by atoms with E-state index in [-0.39, 0.29) is 30.8 Å². The van der Waals surface area contributed by atoms with Crippen molar-refractivity contribution in [3.8, 4) is 11.5 Å². The third-order valence-corrected chi connectivity index (χ3v) is 4.57. The number of carbonyl (C=O) groups is 1. The summed E-state index contributed by atoms with van der Waals surface area (Å²) in [4.78, 5) is 16.0. The fraction of sp³-hybridized carbons (Fsp3) is 0.316. The maximum atomic E-state index is 11.5. The van der Waals surface area contributed by atoms with Crippen LogP contribution in [0.25, 0.3) is 11.5 Å². The van der Waals surface area contributed by atoms with E-state index in [1.165, 1.54) is 12.8 Å². The minimum absolute atomic E-state index is 0. The van der Waals surface area contributed by atoms with Crippen LogP contribution in [0.4, 0.5) is 0 Å². The Morgan fingerprint density at radius 3 is 2.79 bits per heavy atom. The van der Waals surface area contributed by atoms with Gasteiger partial charge in [-0.2, -0.15) is 5.10 Å². The van der Waals surface area contributed by atoms with Crippen molar-refractivity contribution in [2.24, 2.45) is 0 Å². The third-order valence-electron chi connectivity index (χ3n) is 4.57. The van der Waals surface area contributed by atoms with E-state index in [1.54, 1.807) is 18.3 Å². The zero-order valence-corrected chi connectivity index (χ0v) is 17.1. The van der Waals surface area contributed by atoms with E-state index >= 15 is 0 Å². The molecule has 1 N–H and O–H groups in total. The average Bonchev–Trinajstić information content (AvgIpc) is 3.23. The molecule has 28 heavy (non-hydrogen) atoms. The summed E-state index contributed by atoms with van der Waals surface area (Å²) >= 11 is 0. The van der Waals surface area contributed by atoms with Crippen LogP contribution in [0.3, 0.4) is 0 Å². The number of ether oxygens (including phenoxy) is 1. The second-order valence-corrected chi connectivity index (χ2v) is 6.34. The highest BCUT2D eigenvalue weighted by Gasteiger charge is 2.15. The first-order valence-corrected chi connectivity index (χ1v) is 8.71. The van der Waals surface area contributed by atoms with E-state index in [2.05, 4.69) is 25.6 Å². The summed E-state index contributed by atoms with van der Waals surface area (Å²) in [5, 5.41) is 8.15. The van der Waals surface area contributed by atoms with Gasteiger partial charge in [0.25, 0.3) is 0 Å². The predicted molar refractivity (Wildman–Crippen MR) is 111 cm³/mol. The molecule has 0 radical (unpaired) electrons. The number of esters is 1. The van der Waals surface area contributed by atoms with E-state index in [1.807, 2.05) is 18.3 Å². The van der Waals surface area contributed by atoms with Crippen LogP contribution in [0.15, 0.2) is 42.7 Å². The zero-order valence-electron chi connectivity index (χ0n) is 15.5. The Hall–Kier alpha value is -2.35. The van der Waals surface area contributed by atoms with Gasteiger partial charge in [-0.3, -0.25) is 4.68 Å². The van der Waals surface area contributed by atoms with Gasteiger partial charge in [0.2, 0.25) is 0 Å². The minimum Gasteiger partial charge on any atom is -0.465 e. The number of nitrogens with one attached hydrogen (secondary N) is 1. The van der Waals surface area contributed by atoms with Gasteiger partial charge in [-0.05, 0) is 36.7 Å². The van der Waals surface area contributed by atoms with E-state index in [9.17, 15) is 4.79 Å². The first kappa shape index (κ1) is 21.9. The first-order valence-electron chi connectivity index (χ1n) is 8.71. The van der Waals surface area contributed by atoms with Crippen LogP contribution in [-0.2, 0) is 24.4 Å². The smallest absolute Gasteiger partial charge is 0.337 e. The summed E-state index contributed by atoms with van der Waals surface area (Å²) in [7, 11) is 1.38. The van der Waals surface area contributed by atoms with Gasteiger partial charge in [0.15, 0.2) is 5.82 Å². The Morgan fingerprint density at radius 1 is 1.25 bits per heavy atom. The number of hydrogen-bond donors (Lipinski definition) is 1. The predicted octanol–water partition coefficient (Wildman–Crippen LogP) is 2.92. The fourth-order valence-corrected chi connectivity index (χ4v) is 3.20. The summed E-state index contributed by atoms with van der Waals surface area (Å²) < 4.78 is 8.88. The van der Waals surface area contributed by atoms with Gasteiger partial charge < -0.3 is 14.6 Å². The maximum Gasteiger partial charge on any atom is 0.337 e. The molecule has 0 unspecified atom stereocenters. The molecule has 1 aromatic carbocycles. The Morgan fingerprint density at radius 2 is 2.04 bits per heavy atom. The number of benzene rings is 1. The highest BCUT2D eigenvalue weighted by atomic mass is 35.5. The van der Waals surface area contributed by atoms with Gasteiger partial charge >= 0.3 is 5.97 Å². The quantitative estimate of drug-likeness (QED) is 0.652. The molecule has 7 nitrogen and oxygen atoms in total. The minimum atomic E-state index is -0.326. The van der Waals surface area contributed by atoms with Gasteiger partial charge in [-0.1, -0.05) is 12.1 Å². The van der Waals surface area contributed by atoms with Crippen LogP contribution in [0.5, 0.6) is 0 Å². The van der Waals surface area contributed by atoms with Crippen molar-refractivity contribution in [2.75, 3.05) is 13.7 Å². The standard InChI is InChI=1S/C19H21N5O2.2ClH/c1-26-19(25)15-5-3-14(4-6-15)13-23-10-8-21-18(23)17-11-16-12-20-7-2-9-24(16)22-17;;/h3-6,8,10-11,20H,2,7,9,12-13H2,1H3;2*1H. The molecule has 3 aromatic rings. The fourth-order valence-electron chi connectivity index (χ4n) is 3.20. The molecule has 4 rings (SSSR count). The second-order valence-electron chi connectivity index (χ2n) is 6.34. The molecule has 0 aliphatic carbocycles. The summed E-state index contributed by atoms with van der Waals surface area (Å²) in [6.07, 6.45) is 4.82. The molecule has 150 valence electrons. The molecule has 1 aliphatic rings. The number of halogens is 2. The van der Waals surface area contributed by atoms with Crippen LogP contribution in [0.2, 0.25) is 0 Å². The lowest BCUT2D eigenvalue weighted by molar-refractivity contribution is 0.0600. The van der Waals surface area contributed by atoms with Crippen LogP contribution in [0, 0.1) is 0 Å². The largest absolute Gasteiger partial charge is 0.465 e. The lowest BCUT2D eigenvalue weighted by atomic mass is 10.1. The van der Waals surface area contributed by atoms with Crippen molar-refractivity contribution in [2.45, 2.75) is 26.1 Å². The van der Waals surface area contributed by atoms with Gasteiger partial charge in [-0.15, -0.1) is 24.8 Å². The zero-order chi connectivity index (χ0) is 17.9. The first-order chi connectivity index (χ1) is 12.7. The van der Waals surface area contributed by atoms with Crippen molar-refractivity contribution in [3.63, 3.8) is 0 Å². The summed E-state index contributed by atoms with van der Waals surface area (Å²) in [5.41, 5.74) is 3.71. The van der Waals surface area contributed by atoms with Crippen molar-refractivity contribution in [1.29, 1.82) is 0 Å². The van der Waals surface area contributed by atoms with Crippen LogP contribution in [0.1, 0.15) is 28.0 Å². The molecule has 1 aliphatic heterocycles. The van der Waals surface area contributed by atoms with E-state index in [0.717, 1.165) is 43.1 Å². The third kappa shape index (κ3) is 4.55. The molecule has 0 amide bonds. The van der Waals surface area contributed by atoms with E-state index in [4.69, 9.17) is 9.84 Å². The lowest BCUT2D eigenvalue weighted by Gasteiger charge is -2.07. The van der Waals surface area contributed by atoms with Gasteiger partial charge in [0.05, 0.1) is 18.4 Å². The number of imidazole rings is 1. The highest BCUT2D eigenvalue weighted by molar-refractivity contribution is 5.89. The van der Waals surface area contributed by atoms with Crippen molar-refractivity contribution in [1.82, 2.24) is 24.6 Å². The van der Waals surface area contributed by atoms with Crippen molar-refractivity contribution >= 4 is 30.8 Å². The lowest BCUT2D eigenvalue weighted by Crippen LogP contribution is -2.11. The Balaban J connectivity index is 0.00000140. The summed E-state index contributed by atoms with van der Waals surface area (Å²) in [6, 6.07) is 9.53. The Bertz CT molecular complexity index is 897. The summed E-state index contributed by atoms with van der Waals surface area (Å²) in [6.45, 7) is 3.45. The summed E-state index contributed by atoms with van der Waals surface area (Å²) in [5.74, 6) is 0.524. The molecule has 0 saturated carbocycles. The second kappa shape index (κ2) is 9.73. The number of rotatable bonds is 4. The molecule has 0 saturated heterocycles. The number of aryl methyl sites for hydroxylation is 1. The molecule has 0 spiro atoms. The maximum absolute atomic E-state index is 11.5. The average molecular weight is 424 g/mol. The van der Waals surface area contributed by atoms with E-state index in [0.29, 0.717) is 12.1 Å². The van der Waals surface area contributed by atoms with E-state index < -0.39 is 0 Å². The SMILES string of the molecule is COC(=O)c1ccc(Cn2ccnc2-c2cc3n(n2)CCCNC3)cc1.Cl.Cl. The number of carbonyl (C=O) groups excluding carboxylic acids is 1. The molecule has 3 heterocycles. The molecule has 0 bridgehead atoms. The molecule has 0 atom stereocenters. The van der Waals surface area contributed by atoms with Crippen LogP contribution < -0.4 is 5.32 Å². The topological polar surface area (TPSA) is 74.0 Å². The highest BCUT2D eigenvalue weighted by Crippen LogP contribution is 2.20. The Kier molecular flexibility index (Phi) is 7.62. The molecular weight excluding hydrogens is 401 g/mol. The number of nitrogens with zero attached hydrogens (tertiary/aromatic N) is 4. The number of fused-ring (bicyclic) bond motifs is 1. The van der Waals surface area contributed by atoms with Gasteiger partial charge in [-0.25, -0.2) is 9.78 Å². The van der Waals surface area contributed by atoms with Crippen LogP contribution in [-0.4, -0.2) is 39.0 Å². The van der Waals surface area contributed by atoms with Gasteiger partial charge in [0, 0.05) is 32.0 Å². The van der Waals surface area contributed by atoms with Crippen molar-refractivity contribution < 1.29 is 9.53 Å². The Labute approximate surface area is 175 Å². The molecular formula is C19H23Cl2N5O2. The van der Waals surface area contributed by atoms with Crippen molar-refractivity contribution in [3.05, 3.63) is 59.5 Å². The molecule has 2 aromatic heterocycles.